The Labute approximate surface area is 246 Å². The van der Waals surface area contributed by atoms with Crippen molar-refractivity contribution in [3.63, 3.8) is 0 Å². The largest absolute Gasteiger partial charge is 0.379 e. The van der Waals surface area contributed by atoms with Crippen LogP contribution < -0.4 is 21.3 Å². The summed E-state index contributed by atoms with van der Waals surface area (Å²) in [6.07, 6.45) is 4.85. The monoisotopic (exact) mass is 592 g/mol. The zero-order valence-corrected chi connectivity index (χ0v) is 24.5. The Bertz CT molecular complexity index is 970. The second-order valence-electron chi connectivity index (χ2n) is 10.0. The Morgan fingerprint density at radius 1 is 0.951 bits per heavy atom. The van der Waals surface area contributed by atoms with E-state index < -0.39 is 0 Å². The van der Waals surface area contributed by atoms with Crippen molar-refractivity contribution >= 4 is 29.6 Å². The van der Waals surface area contributed by atoms with Crippen LogP contribution in [0.15, 0.2) is 29.4 Å². The average Bonchev–Trinajstić information content (AvgIpc) is 3.52. The van der Waals surface area contributed by atoms with Gasteiger partial charge in [-0.25, -0.2) is 10.3 Å². The van der Waals surface area contributed by atoms with Gasteiger partial charge in [0.15, 0.2) is 0 Å². The van der Waals surface area contributed by atoms with Crippen molar-refractivity contribution in [2.24, 2.45) is 5.11 Å². The lowest BCUT2D eigenvalue weighted by Crippen LogP contribution is -2.36. The maximum absolute atomic E-state index is 12.2. The van der Waals surface area contributed by atoms with Gasteiger partial charge in [-0.2, -0.15) is 16.9 Å². The summed E-state index contributed by atoms with van der Waals surface area (Å²) in [6, 6.07) is 7.53. The molecule has 12 nitrogen and oxygen atoms in total. The molecule has 3 atom stereocenters. The van der Waals surface area contributed by atoms with E-state index >= 15 is 0 Å². The second kappa shape index (κ2) is 19.4. The third-order valence-corrected chi connectivity index (χ3v) is 8.32. The molecule has 41 heavy (non-hydrogen) atoms. The number of amides is 4. The molecule has 0 saturated carbocycles. The topological polar surface area (TPSA) is 163 Å². The van der Waals surface area contributed by atoms with Gasteiger partial charge in [0.2, 0.25) is 5.91 Å². The number of urea groups is 1. The molecule has 0 aromatic heterocycles. The molecule has 0 spiro atoms. The van der Waals surface area contributed by atoms with Gasteiger partial charge >= 0.3 is 6.03 Å². The van der Waals surface area contributed by atoms with Crippen molar-refractivity contribution < 1.29 is 28.6 Å². The van der Waals surface area contributed by atoms with Crippen molar-refractivity contribution in [2.45, 2.75) is 62.4 Å². The van der Waals surface area contributed by atoms with Crippen molar-refractivity contribution in [3.8, 4) is 0 Å². The van der Waals surface area contributed by atoms with Crippen LogP contribution in [-0.4, -0.2) is 93.7 Å². The Kier molecular flexibility index (Phi) is 15.5. The van der Waals surface area contributed by atoms with E-state index in [1.54, 1.807) is 18.2 Å². The molecule has 0 bridgehead atoms. The lowest BCUT2D eigenvalue weighted by molar-refractivity contribution is -0.121. The van der Waals surface area contributed by atoms with Crippen LogP contribution in [0.4, 0.5) is 4.79 Å². The van der Waals surface area contributed by atoms with Crippen LogP contribution in [0.3, 0.4) is 0 Å². The van der Waals surface area contributed by atoms with Crippen LogP contribution in [0, 0.1) is 5.53 Å². The molecule has 1 unspecified atom stereocenters. The molecular weight excluding hydrogens is 548 g/mol. The van der Waals surface area contributed by atoms with Crippen molar-refractivity contribution in [1.29, 1.82) is 5.53 Å². The second-order valence-corrected chi connectivity index (χ2v) is 11.3. The van der Waals surface area contributed by atoms with Crippen LogP contribution >= 0.6 is 11.8 Å². The number of nitrogens with one attached hydrogen (secondary N) is 5. The zero-order chi connectivity index (χ0) is 29.1. The summed E-state index contributed by atoms with van der Waals surface area (Å²) in [6.45, 7) is 4.42. The number of nitrogens with zero attached hydrogens (tertiary/aromatic N) is 1. The zero-order valence-electron chi connectivity index (χ0n) is 23.7. The first-order valence-electron chi connectivity index (χ1n) is 14.5. The fourth-order valence-electron chi connectivity index (χ4n) is 4.69. The minimum absolute atomic E-state index is 0.0582. The average molecular weight is 593 g/mol. The SMILES string of the molecule is N=NCc1cccc(C(=O)NCCCOCCOCCOCCCNC(=O)CCCCC2SC[C@@H]3NC(=O)N[C@H]23)c1. The molecule has 2 fully saturated rings. The molecule has 3 rings (SSSR count). The first-order valence-corrected chi connectivity index (χ1v) is 15.5. The normalized spacial score (nSPS) is 19.3. The molecule has 0 radical (unpaired) electrons. The molecule has 0 aliphatic carbocycles. The van der Waals surface area contributed by atoms with Crippen LogP contribution in [0.25, 0.3) is 0 Å². The van der Waals surface area contributed by atoms with Crippen molar-refractivity contribution in [1.82, 2.24) is 21.3 Å². The molecule has 1 aromatic rings. The number of rotatable bonds is 22. The number of unbranched alkanes of at least 4 members (excludes halogenated alkanes) is 1. The van der Waals surface area contributed by atoms with Crippen molar-refractivity contribution in [3.05, 3.63) is 35.4 Å². The smallest absolute Gasteiger partial charge is 0.315 e. The fraction of sp³-hybridized carbons (Fsp3) is 0.679. The van der Waals surface area contributed by atoms with E-state index in [0.29, 0.717) is 76.4 Å². The third-order valence-electron chi connectivity index (χ3n) is 6.81. The van der Waals surface area contributed by atoms with Crippen LogP contribution in [0.5, 0.6) is 0 Å². The van der Waals surface area contributed by atoms with Crippen molar-refractivity contribution in [2.75, 3.05) is 58.5 Å². The van der Waals surface area contributed by atoms with Gasteiger partial charge in [-0.05, 0) is 43.4 Å². The summed E-state index contributed by atoms with van der Waals surface area (Å²) in [5.41, 5.74) is 8.32. The van der Waals surface area contributed by atoms with E-state index in [-0.39, 0.29) is 36.5 Å². The lowest BCUT2D eigenvalue weighted by Gasteiger charge is -2.16. The molecule has 2 heterocycles. The van der Waals surface area contributed by atoms with Gasteiger partial charge in [-0.15, -0.1) is 0 Å². The number of carbonyl (C=O) groups excluding carboxylic acids is 3. The Hall–Kier alpha value is -2.74. The molecule has 13 heteroatoms. The molecule has 2 saturated heterocycles. The number of ether oxygens (including phenoxy) is 3. The minimum atomic E-state index is -0.147. The van der Waals surface area contributed by atoms with E-state index in [1.807, 2.05) is 17.8 Å². The van der Waals surface area contributed by atoms with Gasteiger partial charge in [0.25, 0.3) is 5.91 Å². The lowest BCUT2D eigenvalue weighted by atomic mass is 10.0. The maximum atomic E-state index is 12.2. The molecule has 1 aromatic carbocycles. The maximum Gasteiger partial charge on any atom is 0.315 e. The summed E-state index contributed by atoms with van der Waals surface area (Å²) < 4.78 is 16.6. The first kappa shape index (κ1) is 32.8. The van der Waals surface area contributed by atoms with Gasteiger partial charge in [-0.1, -0.05) is 18.6 Å². The summed E-state index contributed by atoms with van der Waals surface area (Å²) in [5.74, 6) is 0.891. The van der Waals surface area contributed by atoms with Crippen LogP contribution in [0.1, 0.15) is 54.4 Å². The predicted octanol–water partition coefficient (Wildman–Crippen LogP) is 2.62. The number of benzene rings is 1. The molecule has 5 N–H and O–H groups in total. The van der Waals surface area contributed by atoms with Gasteiger partial charge in [0.1, 0.15) is 0 Å². The summed E-state index contributed by atoms with van der Waals surface area (Å²) in [5, 5.41) is 15.5. The molecule has 2 aliphatic rings. The van der Waals surface area contributed by atoms with E-state index in [9.17, 15) is 14.4 Å². The highest BCUT2D eigenvalue weighted by Gasteiger charge is 2.42. The summed E-state index contributed by atoms with van der Waals surface area (Å²) >= 11 is 1.90. The predicted molar refractivity (Wildman–Crippen MR) is 156 cm³/mol. The van der Waals surface area contributed by atoms with Crippen LogP contribution in [-0.2, 0) is 25.5 Å². The summed E-state index contributed by atoms with van der Waals surface area (Å²) in [4.78, 5) is 35.6. The fourth-order valence-corrected chi connectivity index (χ4v) is 6.23. The van der Waals surface area contributed by atoms with E-state index in [2.05, 4.69) is 26.4 Å². The van der Waals surface area contributed by atoms with Gasteiger partial charge in [0, 0.05) is 49.3 Å². The molecular formula is C28H44N6O6S. The first-order chi connectivity index (χ1) is 20.1. The standard InChI is InChI=1S/C28H44N6O6S/c29-32-19-21-6-3-7-22(18-21)27(36)31-11-5-13-39-15-17-40-16-14-38-12-4-10-30-25(35)9-2-1-8-24-26-23(20-41-24)33-28(37)34-26/h3,6-7,18,23-24,26,29H,1-2,4-5,8-17,19-20H2,(H,30,35)(H,31,36)(H2,33,34,37)/t23-,24?,26-/m0/s1. The molecule has 228 valence electrons. The summed E-state index contributed by atoms with van der Waals surface area (Å²) in [7, 11) is 0. The Morgan fingerprint density at radius 2 is 1.66 bits per heavy atom. The highest BCUT2D eigenvalue weighted by Crippen LogP contribution is 2.33. The van der Waals surface area contributed by atoms with E-state index in [0.717, 1.165) is 37.0 Å². The van der Waals surface area contributed by atoms with Crippen LogP contribution in [0.2, 0.25) is 0 Å². The van der Waals surface area contributed by atoms with Gasteiger partial charge < -0.3 is 35.5 Å². The highest BCUT2D eigenvalue weighted by atomic mass is 32.2. The number of hydrogen-bond donors (Lipinski definition) is 5. The quantitative estimate of drug-likeness (QED) is 0.0785. The number of carbonyl (C=O) groups is 3. The highest BCUT2D eigenvalue weighted by molar-refractivity contribution is 8.00. The van der Waals surface area contributed by atoms with Gasteiger partial charge in [-0.3, -0.25) is 9.59 Å². The molecule has 2 aliphatic heterocycles. The Morgan fingerprint density at radius 3 is 2.39 bits per heavy atom. The molecule has 4 amide bonds. The number of hydrogen-bond acceptors (Lipinski definition) is 9. The Balaban J connectivity index is 1.03. The van der Waals surface area contributed by atoms with E-state index in [4.69, 9.17) is 19.7 Å². The van der Waals surface area contributed by atoms with E-state index in [1.165, 1.54) is 0 Å². The minimum Gasteiger partial charge on any atom is -0.379 e. The number of thioether (sulfide) groups is 1. The third kappa shape index (κ3) is 12.8. The van der Waals surface area contributed by atoms with Gasteiger partial charge in [0.05, 0.1) is 45.1 Å². The number of fused-ring (bicyclic) bond motifs is 1.